The van der Waals surface area contributed by atoms with Crippen LogP contribution in [0.15, 0.2) is 23.5 Å². The first kappa shape index (κ1) is 9.27. The molecule has 14 heavy (non-hydrogen) atoms. The molecule has 0 radical (unpaired) electrons. The Morgan fingerprint density at radius 1 is 1.64 bits per heavy atom. The topological polar surface area (TPSA) is 44.8 Å². The Morgan fingerprint density at radius 2 is 2.43 bits per heavy atom. The van der Waals surface area contributed by atoms with E-state index in [-0.39, 0.29) is 18.2 Å². The van der Waals surface area contributed by atoms with Gasteiger partial charge in [-0.2, -0.15) is 0 Å². The first-order chi connectivity index (χ1) is 6.74. The van der Waals surface area contributed by atoms with Gasteiger partial charge in [-0.05, 0) is 13.0 Å². The monoisotopic (exact) mass is 196 g/mol. The van der Waals surface area contributed by atoms with Crippen LogP contribution in [-0.4, -0.2) is 31.9 Å². The average molecular weight is 196 g/mol. The number of allylic oxidation sites excluding steroid dienone is 1. The predicted molar refractivity (Wildman–Crippen MR) is 48.5 cm³/mol. The third-order valence-corrected chi connectivity index (χ3v) is 2.38. The zero-order chi connectivity index (χ0) is 10.1. The summed E-state index contributed by atoms with van der Waals surface area (Å²) in [5, 5.41) is 0. The van der Waals surface area contributed by atoms with Crippen molar-refractivity contribution >= 4 is 5.97 Å². The number of carbonyl (C=O) groups is 1. The number of fused-ring (bicyclic) bond motifs is 1. The Kier molecular flexibility index (Phi) is 2.29. The van der Waals surface area contributed by atoms with Crippen LogP contribution in [0.1, 0.15) is 6.92 Å². The zero-order valence-corrected chi connectivity index (χ0v) is 8.15. The van der Waals surface area contributed by atoms with E-state index < -0.39 is 0 Å². The van der Waals surface area contributed by atoms with Gasteiger partial charge < -0.3 is 14.2 Å². The highest BCUT2D eigenvalue weighted by atomic mass is 16.6. The lowest BCUT2D eigenvalue weighted by atomic mass is 10.0. The Balaban J connectivity index is 2.26. The van der Waals surface area contributed by atoms with Crippen LogP contribution in [0.3, 0.4) is 0 Å². The van der Waals surface area contributed by atoms with E-state index in [0.717, 1.165) is 0 Å². The Hall–Kier alpha value is -1.29. The SMILES string of the molecule is COC(=O)C1=C(C)O[C@H]2C=CCO[C@@H]12. The van der Waals surface area contributed by atoms with Crippen molar-refractivity contribution in [2.24, 2.45) is 0 Å². The normalized spacial score (nSPS) is 29.9. The van der Waals surface area contributed by atoms with Crippen molar-refractivity contribution in [3.05, 3.63) is 23.5 Å². The average Bonchev–Trinajstić information content (AvgIpc) is 2.53. The highest BCUT2D eigenvalue weighted by Crippen LogP contribution is 2.31. The van der Waals surface area contributed by atoms with E-state index in [2.05, 4.69) is 4.74 Å². The van der Waals surface area contributed by atoms with Crippen molar-refractivity contribution in [3.8, 4) is 0 Å². The molecule has 0 saturated carbocycles. The lowest BCUT2D eigenvalue weighted by Gasteiger charge is -2.21. The number of hydrogen-bond donors (Lipinski definition) is 0. The second kappa shape index (κ2) is 3.46. The van der Waals surface area contributed by atoms with Gasteiger partial charge in [-0.25, -0.2) is 4.79 Å². The lowest BCUT2D eigenvalue weighted by Crippen LogP contribution is -2.31. The molecule has 4 nitrogen and oxygen atoms in total. The predicted octanol–water partition coefficient (Wildman–Crippen LogP) is 0.787. The quantitative estimate of drug-likeness (QED) is 0.459. The summed E-state index contributed by atoms with van der Waals surface area (Å²) < 4.78 is 15.6. The standard InChI is InChI=1S/C10H12O4/c1-6-8(10(11)12-2)9-7(14-6)4-3-5-13-9/h3-4,7,9H,5H2,1-2H3/t7-,9+/m0/s1. The van der Waals surface area contributed by atoms with E-state index in [0.29, 0.717) is 17.9 Å². The van der Waals surface area contributed by atoms with E-state index >= 15 is 0 Å². The summed E-state index contributed by atoms with van der Waals surface area (Å²) in [5.41, 5.74) is 0.502. The fraction of sp³-hybridized carbons (Fsp3) is 0.500. The summed E-state index contributed by atoms with van der Waals surface area (Å²) in [6.07, 6.45) is 3.33. The van der Waals surface area contributed by atoms with Gasteiger partial charge in [0, 0.05) is 0 Å². The van der Waals surface area contributed by atoms with Crippen LogP contribution in [-0.2, 0) is 19.0 Å². The molecule has 4 heteroatoms. The van der Waals surface area contributed by atoms with Crippen molar-refractivity contribution in [2.75, 3.05) is 13.7 Å². The van der Waals surface area contributed by atoms with Gasteiger partial charge in [0.05, 0.1) is 13.7 Å². The largest absolute Gasteiger partial charge is 0.487 e. The molecule has 2 atom stereocenters. The number of hydrogen-bond acceptors (Lipinski definition) is 4. The molecule has 0 aliphatic carbocycles. The van der Waals surface area contributed by atoms with Crippen molar-refractivity contribution in [2.45, 2.75) is 19.1 Å². The van der Waals surface area contributed by atoms with Crippen LogP contribution in [0.2, 0.25) is 0 Å². The van der Waals surface area contributed by atoms with Crippen LogP contribution in [0.4, 0.5) is 0 Å². The molecule has 0 saturated heterocycles. The fourth-order valence-electron chi connectivity index (χ4n) is 1.73. The highest BCUT2D eigenvalue weighted by molar-refractivity contribution is 5.90. The van der Waals surface area contributed by atoms with Crippen molar-refractivity contribution in [1.82, 2.24) is 0 Å². The smallest absolute Gasteiger partial charge is 0.339 e. The van der Waals surface area contributed by atoms with Crippen LogP contribution in [0.25, 0.3) is 0 Å². The van der Waals surface area contributed by atoms with Gasteiger partial charge in [-0.1, -0.05) is 6.08 Å². The molecule has 2 rings (SSSR count). The molecule has 2 aliphatic heterocycles. The minimum Gasteiger partial charge on any atom is -0.487 e. The molecule has 0 aromatic carbocycles. The van der Waals surface area contributed by atoms with E-state index in [1.807, 2.05) is 12.2 Å². The first-order valence-corrected chi connectivity index (χ1v) is 4.48. The van der Waals surface area contributed by atoms with Crippen LogP contribution in [0, 0.1) is 0 Å². The lowest BCUT2D eigenvalue weighted by molar-refractivity contribution is -0.137. The van der Waals surface area contributed by atoms with E-state index in [1.54, 1.807) is 6.92 Å². The summed E-state index contributed by atoms with van der Waals surface area (Å²) in [6.45, 7) is 2.26. The summed E-state index contributed by atoms with van der Waals surface area (Å²) in [7, 11) is 1.36. The first-order valence-electron chi connectivity index (χ1n) is 4.48. The Labute approximate surface area is 82.1 Å². The molecule has 0 fully saturated rings. The zero-order valence-electron chi connectivity index (χ0n) is 8.15. The van der Waals surface area contributed by atoms with Crippen molar-refractivity contribution in [1.29, 1.82) is 0 Å². The third-order valence-electron chi connectivity index (χ3n) is 2.38. The second-order valence-corrected chi connectivity index (χ2v) is 3.23. The van der Waals surface area contributed by atoms with Gasteiger partial charge in [-0.3, -0.25) is 0 Å². The van der Waals surface area contributed by atoms with Gasteiger partial charge in [0.15, 0.2) is 0 Å². The van der Waals surface area contributed by atoms with E-state index in [4.69, 9.17) is 9.47 Å². The van der Waals surface area contributed by atoms with Gasteiger partial charge in [0.2, 0.25) is 0 Å². The number of rotatable bonds is 1. The molecular formula is C10H12O4. The molecule has 0 amide bonds. The molecule has 0 N–H and O–H groups in total. The number of carbonyl (C=O) groups excluding carboxylic acids is 1. The number of ether oxygens (including phenoxy) is 3. The highest BCUT2D eigenvalue weighted by Gasteiger charge is 2.40. The number of methoxy groups -OCH3 is 1. The van der Waals surface area contributed by atoms with Crippen molar-refractivity contribution in [3.63, 3.8) is 0 Å². The van der Waals surface area contributed by atoms with Gasteiger partial charge in [-0.15, -0.1) is 0 Å². The molecule has 76 valence electrons. The van der Waals surface area contributed by atoms with Crippen molar-refractivity contribution < 1.29 is 19.0 Å². The number of esters is 1. The maximum absolute atomic E-state index is 11.4. The molecule has 0 unspecified atom stereocenters. The summed E-state index contributed by atoms with van der Waals surface area (Å²) in [5.74, 6) is 0.226. The molecule has 2 heterocycles. The molecule has 0 bridgehead atoms. The molecule has 2 aliphatic rings. The summed E-state index contributed by atoms with van der Waals surface area (Å²) >= 11 is 0. The minimum atomic E-state index is -0.370. The second-order valence-electron chi connectivity index (χ2n) is 3.23. The molecule has 0 spiro atoms. The maximum Gasteiger partial charge on any atom is 0.339 e. The third kappa shape index (κ3) is 1.32. The van der Waals surface area contributed by atoms with Gasteiger partial charge >= 0.3 is 5.97 Å². The van der Waals surface area contributed by atoms with Gasteiger partial charge in [0.25, 0.3) is 0 Å². The van der Waals surface area contributed by atoms with Crippen LogP contribution < -0.4 is 0 Å². The Morgan fingerprint density at radius 3 is 3.14 bits per heavy atom. The van der Waals surface area contributed by atoms with Gasteiger partial charge in [0.1, 0.15) is 23.5 Å². The minimum absolute atomic E-state index is 0.169. The van der Waals surface area contributed by atoms with Crippen LogP contribution >= 0.6 is 0 Å². The summed E-state index contributed by atoms with van der Waals surface area (Å²) in [4.78, 5) is 11.4. The molecule has 0 aromatic rings. The molecule has 0 aromatic heterocycles. The fourth-order valence-corrected chi connectivity index (χ4v) is 1.73. The van der Waals surface area contributed by atoms with E-state index in [1.165, 1.54) is 7.11 Å². The Bertz CT molecular complexity index is 316. The van der Waals surface area contributed by atoms with E-state index in [9.17, 15) is 4.79 Å². The molecular weight excluding hydrogens is 184 g/mol. The summed E-state index contributed by atoms with van der Waals surface area (Å²) in [6, 6.07) is 0. The van der Waals surface area contributed by atoms with Crippen LogP contribution in [0.5, 0.6) is 0 Å². The maximum atomic E-state index is 11.4.